The third-order valence-corrected chi connectivity index (χ3v) is 3.73. The average Bonchev–Trinajstić information content (AvgIpc) is 2.45. The third-order valence-electron chi connectivity index (χ3n) is 3.73. The van der Waals surface area contributed by atoms with Gasteiger partial charge in [-0.05, 0) is 32.1 Å². The van der Waals surface area contributed by atoms with E-state index in [2.05, 4.69) is 19.1 Å². The molecule has 0 amide bonds. The van der Waals surface area contributed by atoms with Crippen molar-refractivity contribution in [1.82, 2.24) is 0 Å². The second kappa shape index (κ2) is 19.2. The molecule has 1 unspecified atom stereocenters. The molecule has 3 nitrogen and oxygen atoms in total. The van der Waals surface area contributed by atoms with Gasteiger partial charge in [0, 0.05) is 36.0 Å². The molecule has 1 atom stereocenters. The summed E-state index contributed by atoms with van der Waals surface area (Å²) in [4.78, 5) is 10.3. The van der Waals surface area contributed by atoms with Crippen LogP contribution in [0.25, 0.3) is 0 Å². The summed E-state index contributed by atoms with van der Waals surface area (Å²) in [6, 6.07) is 0. The second-order valence-electron chi connectivity index (χ2n) is 5.91. The molecule has 0 fully saturated rings. The summed E-state index contributed by atoms with van der Waals surface area (Å²) < 4.78 is 0. The molecule has 1 radical (unpaired) electrons. The number of carbonyl (C=O) groups is 1. The van der Waals surface area contributed by atoms with Crippen molar-refractivity contribution in [3.05, 3.63) is 12.2 Å². The van der Waals surface area contributed by atoms with Crippen molar-refractivity contribution in [3.8, 4) is 0 Å². The summed E-state index contributed by atoms with van der Waals surface area (Å²) in [5.74, 6) is -0.689. The third kappa shape index (κ3) is 20.2. The van der Waals surface area contributed by atoms with Crippen LogP contribution in [0.15, 0.2) is 12.2 Å². The molecule has 0 bridgehead atoms. The van der Waals surface area contributed by atoms with Crippen LogP contribution in [0.3, 0.4) is 0 Å². The van der Waals surface area contributed by atoms with Crippen LogP contribution in [-0.4, -0.2) is 51.8 Å². The van der Waals surface area contributed by atoms with Crippen LogP contribution in [0.5, 0.6) is 0 Å². The smallest absolute Gasteiger partial charge is 0.303 e. The Hall–Kier alpha value is 0.170. The van der Waals surface area contributed by atoms with E-state index in [-0.39, 0.29) is 35.7 Å². The predicted molar refractivity (Wildman–Crippen MR) is 94.2 cm³/mol. The molecule has 2 N–H and O–H groups in total. The normalized spacial score (nSPS) is 12.3. The maximum atomic E-state index is 10.3. The molecule has 4 heteroatoms. The van der Waals surface area contributed by atoms with Gasteiger partial charge in [-0.2, -0.15) is 0 Å². The molecule has 0 aliphatic carbocycles. The monoisotopic (exact) mass is 321 g/mol. The van der Waals surface area contributed by atoms with Crippen molar-refractivity contribution >= 4 is 35.5 Å². The van der Waals surface area contributed by atoms with E-state index >= 15 is 0 Å². The van der Waals surface area contributed by atoms with Crippen LogP contribution in [0.1, 0.15) is 90.4 Å². The number of carboxylic acids is 1. The topological polar surface area (TPSA) is 57.5 Å². The predicted octanol–water partition coefficient (Wildman–Crippen LogP) is 4.70. The molecule has 0 saturated carbocycles. The quantitative estimate of drug-likeness (QED) is 0.261. The van der Waals surface area contributed by atoms with Crippen molar-refractivity contribution in [2.75, 3.05) is 0 Å². The Morgan fingerprint density at radius 1 is 0.955 bits per heavy atom. The summed E-state index contributed by atoms with van der Waals surface area (Å²) in [5, 5.41) is 18.3. The Kier molecular flexibility index (Phi) is 21.3. The van der Waals surface area contributed by atoms with Gasteiger partial charge in [0.15, 0.2) is 0 Å². The Balaban J connectivity index is 0. The average molecular weight is 321 g/mol. The minimum atomic E-state index is -0.689. The molecular formula is C18H34NaO3. The van der Waals surface area contributed by atoms with E-state index in [0.717, 1.165) is 51.4 Å². The Labute approximate surface area is 158 Å². The van der Waals surface area contributed by atoms with Crippen molar-refractivity contribution in [2.45, 2.75) is 96.5 Å². The van der Waals surface area contributed by atoms with Gasteiger partial charge in [-0.25, -0.2) is 0 Å². The minimum Gasteiger partial charge on any atom is -0.481 e. The summed E-state index contributed by atoms with van der Waals surface area (Å²) in [7, 11) is 0. The second-order valence-corrected chi connectivity index (χ2v) is 5.91. The minimum absolute atomic E-state index is 0. The van der Waals surface area contributed by atoms with Gasteiger partial charge >= 0.3 is 5.97 Å². The van der Waals surface area contributed by atoms with Crippen molar-refractivity contribution in [1.29, 1.82) is 0 Å². The maximum Gasteiger partial charge on any atom is 0.303 e. The van der Waals surface area contributed by atoms with Crippen LogP contribution in [-0.2, 0) is 4.79 Å². The van der Waals surface area contributed by atoms with Crippen molar-refractivity contribution in [2.24, 2.45) is 0 Å². The molecule has 0 spiro atoms. The van der Waals surface area contributed by atoms with Gasteiger partial charge in [0.2, 0.25) is 0 Å². The van der Waals surface area contributed by atoms with E-state index in [1.807, 2.05) is 0 Å². The Bertz CT molecular complexity index is 267. The fraction of sp³-hybridized carbons (Fsp3) is 0.833. The molecular weight excluding hydrogens is 287 g/mol. The first-order valence-corrected chi connectivity index (χ1v) is 8.71. The molecule has 0 aromatic rings. The molecule has 0 aromatic carbocycles. The number of aliphatic hydroxyl groups is 1. The Morgan fingerprint density at radius 3 is 2.27 bits per heavy atom. The zero-order valence-electron chi connectivity index (χ0n) is 14.7. The number of carboxylic acid groups (broad SMARTS) is 1. The van der Waals surface area contributed by atoms with E-state index in [1.54, 1.807) is 0 Å². The zero-order chi connectivity index (χ0) is 15.8. The van der Waals surface area contributed by atoms with E-state index < -0.39 is 5.97 Å². The molecule has 0 saturated heterocycles. The number of hydrogen-bond donors (Lipinski definition) is 2. The van der Waals surface area contributed by atoms with Crippen LogP contribution < -0.4 is 0 Å². The standard InChI is InChI=1S/C18H34O3.Na/c1-2-3-4-11-14-17(19)15-12-9-7-5-6-8-10-13-16-18(20)21;/h9,12,17,19H,2-8,10-11,13-16H2,1H3,(H,20,21);. The fourth-order valence-corrected chi connectivity index (χ4v) is 2.36. The first kappa shape index (κ1) is 24.4. The zero-order valence-corrected chi connectivity index (χ0v) is 16.7. The van der Waals surface area contributed by atoms with Crippen LogP contribution >= 0.6 is 0 Å². The summed E-state index contributed by atoms with van der Waals surface area (Å²) >= 11 is 0. The molecule has 125 valence electrons. The number of allylic oxidation sites excluding steroid dienone is 1. The first-order valence-electron chi connectivity index (χ1n) is 8.71. The van der Waals surface area contributed by atoms with Crippen molar-refractivity contribution in [3.63, 3.8) is 0 Å². The number of rotatable bonds is 15. The number of unbranched alkanes of at least 4 members (excludes halogenated alkanes) is 8. The van der Waals surface area contributed by atoms with Gasteiger partial charge in [-0.15, -0.1) is 0 Å². The molecule has 0 rings (SSSR count). The molecule has 0 aliphatic rings. The van der Waals surface area contributed by atoms with Crippen LogP contribution in [0.2, 0.25) is 0 Å². The Morgan fingerprint density at radius 2 is 1.59 bits per heavy atom. The van der Waals surface area contributed by atoms with E-state index in [0.29, 0.717) is 6.42 Å². The largest absolute Gasteiger partial charge is 0.481 e. The SMILES string of the molecule is CCCCCCC(O)CC=CCCCCCCCC(=O)O.[Na]. The summed E-state index contributed by atoms with van der Waals surface area (Å²) in [6.45, 7) is 2.20. The molecule has 0 heterocycles. The van der Waals surface area contributed by atoms with Gasteiger partial charge in [0.25, 0.3) is 0 Å². The first-order chi connectivity index (χ1) is 10.2. The van der Waals surface area contributed by atoms with Gasteiger partial charge in [0.1, 0.15) is 0 Å². The number of aliphatic hydroxyl groups excluding tert-OH is 1. The molecule has 0 aromatic heterocycles. The van der Waals surface area contributed by atoms with Crippen molar-refractivity contribution < 1.29 is 15.0 Å². The van der Waals surface area contributed by atoms with Crippen LogP contribution in [0, 0.1) is 0 Å². The van der Waals surface area contributed by atoms with Gasteiger partial charge < -0.3 is 10.2 Å². The molecule has 22 heavy (non-hydrogen) atoms. The summed E-state index contributed by atoms with van der Waals surface area (Å²) in [6.07, 6.45) is 17.4. The number of hydrogen-bond acceptors (Lipinski definition) is 2. The summed E-state index contributed by atoms with van der Waals surface area (Å²) in [5.41, 5.74) is 0. The fourth-order valence-electron chi connectivity index (χ4n) is 2.36. The number of aliphatic carboxylic acids is 1. The maximum absolute atomic E-state index is 10.3. The van der Waals surface area contributed by atoms with Gasteiger partial charge in [-0.3, -0.25) is 4.79 Å². The van der Waals surface area contributed by atoms with Gasteiger partial charge in [0.05, 0.1) is 6.10 Å². The van der Waals surface area contributed by atoms with Gasteiger partial charge in [-0.1, -0.05) is 64.0 Å². The van der Waals surface area contributed by atoms with E-state index in [4.69, 9.17) is 5.11 Å². The van der Waals surface area contributed by atoms with E-state index in [9.17, 15) is 9.90 Å². The van der Waals surface area contributed by atoms with E-state index in [1.165, 1.54) is 25.7 Å². The molecule has 0 aliphatic heterocycles. The van der Waals surface area contributed by atoms with Crippen LogP contribution in [0.4, 0.5) is 0 Å².